The Morgan fingerprint density at radius 2 is 1.79 bits per heavy atom. The van der Waals surface area contributed by atoms with E-state index in [9.17, 15) is 4.79 Å². The number of carbonyl (C=O) groups excluding carboxylic acids is 1. The molecule has 4 heteroatoms. The van der Waals surface area contributed by atoms with Crippen LogP contribution in [0.25, 0.3) is 32.7 Å². The van der Waals surface area contributed by atoms with Crippen LogP contribution in [0.2, 0.25) is 0 Å². The molecule has 0 bridgehead atoms. The number of hydrogen-bond acceptors (Lipinski definition) is 2. The van der Waals surface area contributed by atoms with Crippen LogP contribution in [0.1, 0.15) is 48.0 Å². The molecule has 0 aliphatic carbocycles. The van der Waals surface area contributed by atoms with Crippen molar-refractivity contribution in [2.24, 2.45) is 0 Å². The molecule has 144 valence electrons. The van der Waals surface area contributed by atoms with Crippen LogP contribution in [0.4, 0.5) is 0 Å². The minimum Gasteiger partial charge on any atom is -0.461 e. The molecule has 0 fully saturated rings. The molecule has 2 heterocycles. The minimum atomic E-state index is -0.294. The Morgan fingerprint density at radius 1 is 1.04 bits per heavy atom. The monoisotopic (exact) mass is 374 g/mol. The van der Waals surface area contributed by atoms with E-state index >= 15 is 0 Å². The summed E-state index contributed by atoms with van der Waals surface area (Å²) in [5, 5.41) is 3.55. The highest BCUT2D eigenvalue weighted by atomic mass is 16.5. The first-order chi connectivity index (χ1) is 13.4. The highest BCUT2D eigenvalue weighted by Gasteiger charge is 2.23. The molecule has 0 saturated carbocycles. The summed E-state index contributed by atoms with van der Waals surface area (Å²) in [6, 6.07) is 8.40. The third-order valence-electron chi connectivity index (χ3n) is 5.50. The summed E-state index contributed by atoms with van der Waals surface area (Å²) in [4.78, 5) is 19.5. The van der Waals surface area contributed by atoms with Gasteiger partial charge in [-0.2, -0.15) is 0 Å². The quantitative estimate of drug-likeness (QED) is 0.335. The van der Waals surface area contributed by atoms with Crippen LogP contribution in [-0.4, -0.2) is 22.5 Å². The molecule has 0 radical (unpaired) electrons. The standard InChI is InChI=1S/C24H26N2O2/c1-6-28-24(27)22-15(5)19-14(4)21-20(16-9-7-8-10-18(16)25-21)17(23(19)26-22)12-11-13(2)3/h7-11,25-26H,6,12H2,1-5H3. The summed E-state index contributed by atoms with van der Waals surface area (Å²) in [7, 11) is 0. The fourth-order valence-electron chi connectivity index (χ4n) is 4.19. The molecule has 2 N–H and O–H groups in total. The first kappa shape index (κ1) is 18.4. The van der Waals surface area contributed by atoms with Crippen LogP contribution in [0.5, 0.6) is 0 Å². The van der Waals surface area contributed by atoms with Gasteiger partial charge in [-0.3, -0.25) is 0 Å². The number of aromatic amines is 2. The molecule has 4 aromatic rings. The van der Waals surface area contributed by atoms with Crippen LogP contribution in [0, 0.1) is 13.8 Å². The zero-order valence-electron chi connectivity index (χ0n) is 17.1. The highest BCUT2D eigenvalue weighted by Crippen LogP contribution is 2.39. The number of ether oxygens (including phenoxy) is 1. The Morgan fingerprint density at radius 3 is 2.50 bits per heavy atom. The number of fused-ring (bicyclic) bond motifs is 4. The zero-order chi connectivity index (χ0) is 20.0. The Balaban J connectivity index is 2.15. The Kier molecular flexibility index (Phi) is 4.50. The van der Waals surface area contributed by atoms with Gasteiger partial charge in [0.05, 0.1) is 17.6 Å². The average Bonchev–Trinajstić information content (AvgIpc) is 3.21. The molecule has 0 atom stereocenters. The van der Waals surface area contributed by atoms with Crippen molar-refractivity contribution in [1.29, 1.82) is 0 Å². The van der Waals surface area contributed by atoms with Gasteiger partial charge in [0, 0.05) is 21.7 Å². The second-order valence-corrected chi connectivity index (χ2v) is 7.61. The maximum absolute atomic E-state index is 12.5. The van der Waals surface area contributed by atoms with Crippen molar-refractivity contribution < 1.29 is 9.53 Å². The lowest BCUT2D eigenvalue weighted by atomic mass is 9.95. The lowest BCUT2D eigenvalue weighted by molar-refractivity contribution is 0.0520. The normalized spacial score (nSPS) is 11.5. The molecule has 2 aromatic heterocycles. The van der Waals surface area contributed by atoms with Gasteiger partial charge in [-0.1, -0.05) is 29.8 Å². The lowest BCUT2D eigenvalue weighted by Crippen LogP contribution is -2.06. The Bertz CT molecular complexity index is 1250. The second-order valence-electron chi connectivity index (χ2n) is 7.61. The number of H-pyrrole nitrogens is 2. The molecule has 0 spiro atoms. The number of benzene rings is 2. The van der Waals surface area contributed by atoms with E-state index in [0.717, 1.165) is 39.5 Å². The molecule has 0 aliphatic rings. The van der Waals surface area contributed by atoms with Gasteiger partial charge in [0.25, 0.3) is 0 Å². The maximum atomic E-state index is 12.5. The van der Waals surface area contributed by atoms with Gasteiger partial charge in [-0.25, -0.2) is 4.79 Å². The third-order valence-corrected chi connectivity index (χ3v) is 5.50. The van der Waals surface area contributed by atoms with E-state index in [4.69, 9.17) is 4.74 Å². The molecule has 0 saturated heterocycles. The van der Waals surface area contributed by atoms with Crippen LogP contribution in [-0.2, 0) is 11.2 Å². The Hall–Kier alpha value is -3.01. The van der Waals surface area contributed by atoms with Gasteiger partial charge in [0.2, 0.25) is 0 Å². The fourth-order valence-corrected chi connectivity index (χ4v) is 4.19. The van der Waals surface area contributed by atoms with E-state index in [2.05, 4.69) is 61.1 Å². The summed E-state index contributed by atoms with van der Waals surface area (Å²) in [5.74, 6) is -0.294. The second kappa shape index (κ2) is 6.86. The molecular weight excluding hydrogens is 348 g/mol. The summed E-state index contributed by atoms with van der Waals surface area (Å²) < 4.78 is 5.28. The molecule has 28 heavy (non-hydrogen) atoms. The number of esters is 1. The van der Waals surface area contributed by atoms with Gasteiger partial charge >= 0.3 is 5.97 Å². The van der Waals surface area contributed by atoms with Gasteiger partial charge in [-0.15, -0.1) is 0 Å². The average molecular weight is 374 g/mol. The predicted octanol–water partition coefficient (Wildman–Crippen LogP) is 6.10. The minimum absolute atomic E-state index is 0.294. The fraction of sp³-hybridized carbons (Fsp3) is 0.292. The molecule has 4 nitrogen and oxygen atoms in total. The van der Waals surface area contributed by atoms with E-state index in [1.807, 2.05) is 13.8 Å². The number of carbonyl (C=O) groups is 1. The maximum Gasteiger partial charge on any atom is 0.355 e. The van der Waals surface area contributed by atoms with Crippen LogP contribution >= 0.6 is 0 Å². The lowest BCUT2D eigenvalue weighted by Gasteiger charge is -2.09. The van der Waals surface area contributed by atoms with Gasteiger partial charge < -0.3 is 14.7 Å². The largest absolute Gasteiger partial charge is 0.461 e. The molecule has 0 amide bonds. The SMILES string of the molecule is CCOC(=O)c1[nH]c2c(CC=C(C)C)c3c([nH]c4ccccc43)c(C)c2c1C. The molecule has 0 unspecified atom stereocenters. The van der Waals surface area contributed by atoms with Crippen molar-refractivity contribution in [2.45, 2.75) is 41.0 Å². The summed E-state index contributed by atoms with van der Waals surface area (Å²) in [5.41, 5.74) is 8.46. The molecule has 0 aliphatic heterocycles. The van der Waals surface area contributed by atoms with E-state index in [1.54, 1.807) is 0 Å². The molecule has 4 rings (SSSR count). The summed E-state index contributed by atoms with van der Waals surface area (Å²) in [6.07, 6.45) is 3.05. The van der Waals surface area contributed by atoms with E-state index in [0.29, 0.717) is 12.3 Å². The number of rotatable bonds is 4. The number of aromatic nitrogens is 2. The van der Waals surface area contributed by atoms with E-state index in [1.165, 1.54) is 21.9 Å². The number of aryl methyl sites for hydroxylation is 2. The highest BCUT2D eigenvalue weighted by molar-refractivity contribution is 6.17. The van der Waals surface area contributed by atoms with E-state index in [-0.39, 0.29) is 5.97 Å². The van der Waals surface area contributed by atoms with Crippen LogP contribution in [0.15, 0.2) is 35.9 Å². The van der Waals surface area contributed by atoms with Gasteiger partial charge in [0.1, 0.15) is 5.69 Å². The number of allylic oxidation sites excluding steroid dienone is 2. The van der Waals surface area contributed by atoms with Gasteiger partial charge in [-0.05, 0) is 63.8 Å². The zero-order valence-corrected chi connectivity index (χ0v) is 17.1. The van der Waals surface area contributed by atoms with Crippen molar-refractivity contribution in [1.82, 2.24) is 9.97 Å². The first-order valence-electron chi connectivity index (χ1n) is 9.78. The smallest absolute Gasteiger partial charge is 0.355 e. The number of nitrogens with one attached hydrogen (secondary N) is 2. The predicted molar refractivity (Wildman–Crippen MR) is 116 cm³/mol. The van der Waals surface area contributed by atoms with E-state index < -0.39 is 0 Å². The topological polar surface area (TPSA) is 57.9 Å². The van der Waals surface area contributed by atoms with Crippen LogP contribution < -0.4 is 0 Å². The van der Waals surface area contributed by atoms with Crippen molar-refractivity contribution in [3.63, 3.8) is 0 Å². The third kappa shape index (κ3) is 2.71. The Labute approximate surface area is 164 Å². The summed E-state index contributed by atoms with van der Waals surface area (Å²) >= 11 is 0. The molecule has 2 aromatic carbocycles. The summed E-state index contributed by atoms with van der Waals surface area (Å²) in [6.45, 7) is 10.5. The number of hydrogen-bond donors (Lipinski definition) is 2. The van der Waals surface area contributed by atoms with Crippen molar-refractivity contribution in [3.8, 4) is 0 Å². The van der Waals surface area contributed by atoms with Crippen molar-refractivity contribution in [3.05, 3.63) is 58.3 Å². The van der Waals surface area contributed by atoms with Gasteiger partial charge in [0.15, 0.2) is 0 Å². The number of para-hydroxylation sites is 1. The van der Waals surface area contributed by atoms with Crippen LogP contribution in [0.3, 0.4) is 0 Å². The first-order valence-corrected chi connectivity index (χ1v) is 9.78. The van der Waals surface area contributed by atoms with Crippen molar-refractivity contribution in [2.75, 3.05) is 6.61 Å². The van der Waals surface area contributed by atoms with Crippen molar-refractivity contribution >= 4 is 38.7 Å². The molecular formula is C24H26N2O2.